The number of benzene rings is 2. The van der Waals surface area contributed by atoms with Crippen LogP contribution in [0.15, 0.2) is 63.8 Å². The zero-order chi connectivity index (χ0) is 16.9. The van der Waals surface area contributed by atoms with Gasteiger partial charge in [-0.15, -0.1) is 0 Å². The Labute approximate surface area is 138 Å². The van der Waals surface area contributed by atoms with Gasteiger partial charge in [-0.2, -0.15) is 0 Å². The fraction of sp³-hybridized carbons (Fsp3) is 0.158. The SMILES string of the molecule is O=C(O)CCCc1ccc(Nc2cc(=O)oc3ccccc23)cc1. The first kappa shape index (κ1) is 15.8. The summed E-state index contributed by atoms with van der Waals surface area (Å²) in [6.07, 6.45) is 1.52. The van der Waals surface area contributed by atoms with Crippen LogP contribution in [0.5, 0.6) is 0 Å². The van der Waals surface area contributed by atoms with Crippen molar-refractivity contribution in [2.45, 2.75) is 19.3 Å². The van der Waals surface area contributed by atoms with E-state index in [1.54, 1.807) is 6.07 Å². The molecule has 1 aromatic heterocycles. The first-order valence-electron chi connectivity index (χ1n) is 7.72. The zero-order valence-electron chi connectivity index (χ0n) is 13.0. The van der Waals surface area contributed by atoms with Gasteiger partial charge in [-0.05, 0) is 42.7 Å². The lowest BCUT2D eigenvalue weighted by Gasteiger charge is -2.09. The summed E-state index contributed by atoms with van der Waals surface area (Å²) in [5.74, 6) is -0.775. The van der Waals surface area contributed by atoms with Gasteiger partial charge in [0.15, 0.2) is 0 Å². The molecule has 0 amide bonds. The molecule has 24 heavy (non-hydrogen) atoms. The number of hydrogen-bond donors (Lipinski definition) is 2. The van der Waals surface area contributed by atoms with Gasteiger partial charge in [-0.3, -0.25) is 4.79 Å². The Morgan fingerprint density at radius 3 is 2.58 bits per heavy atom. The summed E-state index contributed by atoms with van der Waals surface area (Å²) >= 11 is 0. The van der Waals surface area contributed by atoms with E-state index >= 15 is 0 Å². The minimum Gasteiger partial charge on any atom is -0.481 e. The molecule has 0 saturated carbocycles. The summed E-state index contributed by atoms with van der Waals surface area (Å²) in [5, 5.41) is 12.7. The van der Waals surface area contributed by atoms with Gasteiger partial charge >= 0.3 is 11.6 Å². The van der Waals surface area contributed by atoms with Gasteiger partial charge < -0.3 is 14.8 Å². The fourth-order valence-electron chi connectivity index (χ4n) is 2.57. The second-order valence-electron chi connectivity index (χ2n) is 5.54. The number of para-hydroxylation sites is 1. The van der Waals surface area contributed by atoms with Gasteiger partial charge in [0.05, 0.1) is 5.69 Å². The van der Waals surface area contributed by atoms with Crippen LogP contribution in [0, 0.1) is 0 Å². The predicted molar refractivity (Wildman–Crippen MR) is 92.8 cm³/mol. The maximum absolute atomic E-state index is 11.7. The third-order valence-electron chi connectivity index (χ3n) is 3.74. The number of hydrogen-bond acceptors (Lipinski definition) is 4. The lowest BCUT2D eigenvalue weighted by Crippen LogP contribution is -2.01. The monoisotopic (exact) mass is 323 g/mol. The van der Waals surface area contributed by atoms with E-state index in [9.17, 15) is 9.59 Å². The number of nitrogens with one attached hydrogen (secondary N) is 1. The van der Waals surface area contributed by atoms with Crippen LogP contribution in [0.3, 0.4) is 0 Å². The van der Waals surface area contributed by atoms with E-state index in [-0.39, 0.29) is 6.42 Å². The van der Waals surface area contributed by atoms with Crippen LogP contribution in [0.2, 0.25) is 0 Å². The number of fused-ring (bicyclic) bond motifs is 1. The summed E-state index contributed by atoms with van der Waals surface area (Å²) < 4.78 is 5.18. The number of aryl methyl sites for hydroxylation is 1. The van der Waals surface area contributed by atoms with Crippen molar-refractivity contribution in [3.63, 3.8) is 0 Å². The van der Waals surface area contributed by atoms with Gasteiger partial charge in [-0.25, -0.2) is 4.79 Å². The smallest absolute Gasteiger partial charge is 0.338 e. The molecule has 3 aromatic rings. The summed E-state index contributed by atoms with van der Waals surface area (Å²) in [6.45, 7) is 0. The Bertz CT molecular complexity index is 913. The lowest BCUT2D eigenvalue weighted by atomic mass is 10.1. The molecule has 1 heterocycles. The third-order valence-corrected chi connectivity index (χ3v) is 3.74. The van der Waals surface area contributed by atoms with Crippen molar-refractivity contribution in [1.29, 1.82) is 0 Å². The topological polar surface area (TPSA) is 79.5 Å². The molecule has 0 aliphatic rings. The summed E-state index contributed by atoms with van der Waals surface area (Å²) in [7, 11) is 0. The zero-order valence-corrected chi connectivity index (χ0v) is 13.0. The van der Waals surface area contributed by atoms with E-state index in [2.05, 4.69) is 5.32 Å². The highest BCUT2D eigenvalue weighted by Crippen LogP contribution is 2.25. The molecule has 3 rings (SSSR count). The third kappa shape index (κ3) is 3.81. The van der Waals surface area contributed by atoms with Crippen molar-refractivity contribution in [3.05, 3.63) is 70.6 Å². The highest BCUT2D eigenvalue weighted by atomic mass is 16.4. The fourth-order valence-corrected chi connectivity index (χ4v) is 2.57. The van der Waals surface area contributed by atoms with Crippen LogP contribution in [0.4, 0.5) is 11.4 Å². The van der Waals surface area contributed by atoms with Crippen LogP contribution >= 0.6 is 0 Å². The van der Waals surface area contributed by atoms with E-state index in [0.717, 1.165) is 23.1 Å². The first-order chi connectivity index (χ1) is 11.6. The Morgan fingerprint density at radius 1 is 1.08 bits per heavy atom. The Morgan fingerprint density at radius 2 is 1.83 bits per heavy atom. The van der Waals surface area contributed by atoms with Crippen molar-refractivity contribution in [2.75, 3.05) is 5.32 Å². The number of carboxylic acids is 1. The minimum absolute atomic E-state index is 0.172. The minimum atomic E-state index is -0.775. The average molecular weight is 323 g/mol. The van der Waals surface area contributed by atoms with Gasteiger partial charge in [0.25, 0.3) is 0 Å². The second-order valence-corrected chi connectivity index (χ2v) is 5.54. The van der Waals surface area contributed by atoms with Crippen LogP contribution in [0.25, 0.3) is 11.0 Å². The Balaban J connectivity index is 1.77. The largest absolute Gasteiger partial charge is 0.481 e. The number of rotatable bonds is 6. The molecular weight excluding hydrogens is 306 g/mol. The van der Waals surface area contributed by atoms with Crippen molar-refractivity contribution in [2.24, 2.45) is 0 Å². The predicted octanol–water partition coefficient (Wildman–Crippen LogP) is 3.94. The quantitative estimate of drug-likeness (QED) is 0.672. The van der Waals surface area contributed by atoms with E-state index in [4.69, 9.17) is 9.52 Å². The summed E-state index contributed by atoms with van der Waals surface area (Å²) in [5.41, 5.74) is 2.77. The van der Waals surface area contributed by atoms with E-state index < -0.39 is 11.6 Å². The Hall–Kier alpha value is -3.08. The molecule has 0 aliphatic carbocycles. The number of carboxylic acid groups (broad SMARTS) is 1. The van der Waals surface area contributed by atoms with Crippen LogP contribution < -0.4 is 10.9 Å². The lowest BCUT2D eigenvalue weighted by molar-refractivity contribution is -0.137. The van der Waals surface area contributed by atoms with Gasteiger partial charge in [-0.1, -0.05) is 24.3 Å². The molecule has 5 nitrogen and oxygen atoms in total. The summed E-state index contributed by atoms with van der Waals surface area (Å²) in [4.78, 5) is 22.2. The molecule has 2 N–H and O–H groups in total. The van der Waals surface area contributed by atoms with Gasteiger partial charge in [0, 0.05) is 23.6 Å². The second kappa shape index (κ2) is 7.00. The maximum Gasteiger partial charge on any atom is 0.338 e. The van der Waals surface area contributed by atoms with Crippen LogP contribution in [0.1, 0.15) is 18.4 Å². The molecule has 2 aromatic carbocycles. The van der Waals surface area contributed by atoms with E-state index in [1.165, 1.54) is 6.07 Å². The van der Waals surface area contributed by atoms with Crippen molar-refractivity contribution in [1.82, 2.24) is 0 Å². The molecule has 0 aliphatic heterocycles. The van der Waals surface area contributed by atoms with E-state index in [0.29, 0.717) is 17.7 Å². The van der Waals surface area contributed by atoms with Gasteiger partial charge in [0.1, 0.15) is 5.58 Å². The molecule has 0 spiro atoms. The van der Waals surface area contributed by atoms with E-state index in [1.807, 2.05) is 42.5 Å². The molecule has 0 unspecified atom stereocenters. The molecule has 0 radical (unpaired) electrons. The molecule has 0 fully saturated rings. The molecule has 0 atom stereocenters. The number of carbonyl (C=O) groups is 1. The number of aliphatic carboxylic acids is 1. The first-order valence-corrected chi connectivity index (χ1v) is 7.72. The highest BCUT2D eigenvalue weighted by Gasteiger charge is 2.05. The molecule has 122 valence electrons. The maximum atomic E-state index is 11.7. The molecular formula is C19H17NO4. The van der Waals surface area contributed by atoms with Gasteiger partial charge in [0.2, 0.25) is 0 Å². The van der Waals surface area contributed by atoms with Crippen molar-refractivity contribution in [3.8, 4) is 0 Å². The average Bonchev–Trinajstić information content (AvgIpc) is 2.56. The highest BCUT2D eigenvalue weighted by molar-refractivity contribution is 5.91. The van der Waals surface area contributed by atoms with Crippen LogP contribution in [-0.4, -0.2) is 11.1 Å². The van der Waals surface area contributed by atoms with Crippen molar-refractivity contribution < 1.29 is 14.3 Å². The normalized spacial score (nSPS) is 10.7. The number of anilines is 2. The standard InChI is InChI=1S/C19H17NO4/c21-18(22)7-3-4-13-8-10-14(11-9-13)20-16-12-19(23)24-17-6-2-1-5-15(16)17/h1-2,5-6,8-12,20H,3-4,7H2,(H,21,22). The Kier molecular flexibility index (Phi) is 4.61. The molecule has 0 bridgehead atoms. The molecule has 0 saturated heterocycles. The van der Waals surface area contributed by atoms with Crippen molar-refractivity contribution >= 4 is 28.3 Å². The van der Waals surface area contributed by atoms with Crippen LogP contribution in [-0.2, 0) is 11.2 Å². The molecule has 5 heteroatoms. The summed E-state index contributed by atoms with van der Waals surface area (Å²) in [6, 6.07) is 16.5.